The number of hydrogen-bond donors (Lipinski definition) is 0. The number of rotatable bonds is 4. The van der Waals surface area contributed by atoms with Gasteiger partial charge in [-0.1, -0.05) is 30.3 Å². The van der Waals surface area contributed by atoms with Gasteiger partial charge in [-0.3, -0.25) is 9.59 Å². The van der Waals surface area contributed by atoms with Crippen LogP contribution in [0.1, 0.15) is 28.8 Å². The summed E-state index contributed by atoms with van der Waals surface area (Å²) in [5, 5.41) is 0. The zero-order valence-corrected chi connectivity index (χ0v) is 16.5. The van der Waals surface area contributed by atoms with Crippen LogP contribution in [0.5, 0.6) is 0 Å². The third-order valence-electron chi connectivity index (χ3n) is 5.58. The Balaban J connectivity index is 1.57. The number of ketones is 1. The van der Waals surface area contributed by atoms with Crippen LogP contribution < -0.4 is 4.90 Å². The molecule has 146 valence electrons. The van der Waals surface area contributed by atoms with E-state index in [-0.39, 0.29) is 35.5 Å². The molecule has 2 heterocycles. The number of likely N-dealkylation sites (N-methyl/N-ethyl adjacent to an activating group) is 1. The fourth-order valence-corrected chi connectivity index (χ4v) is 5.54. The number of carbonyl (C=O) groups is 2. The lowest BCUT2D eigenvalue weighted by Crippen LogP contribution is -2.42. The molecule has 0 saturated carbocycles. The number of hydrogen-bond acceptors (Lipinski definition) is 4. The smallest absolute Gasteiger partial charge is 0.243 e. The maximum Gasteiger partial charge on any atom is 0.243 e. The predicted molar refractivity (Wildman–Crippen MR) is 106 cm³/mol. The van der Waals surface area contributed by atoms with Crippen molar-refractivity contribution in [1.82, 2.24) is 4.31 Å². The quantitative estimate of drug-likeness (QED) is 0.742. The number of nitrogens with zero attached hydrogens (tertiary/aromatic N) is 2. The molecule has 6 nitrogen and oxygen atoms in total. The normalized spacial score (nSPS) is 20.2. The van der Waals surface area contributed by atoms with Gasteiger partial charge in [0.1, 0.15) is 0 Å². The number of sulfonamides is 1. The zero-order chi connectivity index (χ0) is 19.9. The standard InChI is InChI=1S/C21H22N2O4S/c1-22-19-10-9-18(12-17(19)13-20(22)24)28(26,27)23-11-5-8-16(14-23)21(25)15-6-3-2-4-7-15/h2-4,6-7,9-10,12,16H,5,8,11,13-14H2,1H3. The number of carbonyl (C=O) groups excluding carboxylic acids is 2. The summed E-state index contributed by atoms with van der Waals surface area (Å²) in [4.78, 5) is 26.4. The maximum atomic E-state index is 13.2. The van der Waals surface area contributed by atoms with Gasteiger partial charge in [0.25, 0.3) is 0 Å². The SMILES string of the molecule is CN1C(=O)Cc2cc(S(=O)(=O)N3CCCC(C(=O)c4ccccc4)C3)ccc21. The average Bonchev–Trinajstić information content (AvgIpc) is 3.01. The molecule has 0 N–H and O–H groups in total. The van der Waals surface area contributed by atoms with E-state index in [2.05, 4.69) is 0 Å². The van der Waals surface area contributed by atoms with Crippen molar-refractivity contribution in [3.63, 3.8) is 0 Å². The fourth-order valence-electron chi connectivity index (χ4n) is 3.97. The largest absolute Gasteiger partial charge is 0.315 e. The molecule has 1 unspecified atom stereocenters. The Morgan fingerprint density at radius 3 is 2.61 bits per heavy atom. The molecule has 1 saturated heterocycles. The van der Waals surface area contributed by atoms with Crippen molar-refractivity contribution in [2.45, 2.75) is 24.2 Å². The summed E-state index contributed by atoms with van der Waals surface area (Å²) in [6.45, 7) is 0.586. The number of fused-ring (bicyclic) bond motifs is 1. The second kappa shape index (κ2) is 7.14. The molecular formula is C21H22N2O4S. The van der Waals surface area contributed by atoms with Gasteiger partial charge >= 0.3 is 0 Å². The van der Waals surface area contributed by atoms with Gasteiger partial charge in [-0.15, -0.1) is 0 Å². The topological polar surface area (TPSA) is 74.8 Å². The molecule has 7 heteroatoms. The zero-order valence-electron chi connectivity index (χ0n) is 15.7. The molecular weight excluding hydrogens is 376 g/mol. The minimum Gasteiger partial charge on any atom is -0.315 e. The Kier molecular flexibility index (Phi) is 4.81. The minimum atomic E-state index is -3.72. The first-order chi connectivity index (χ1) is 13.4. The molecule has 2 aliphatic rings. The Hall–Kier alpha value is -2.51. The number of anilines is 1. The summed E-state index contributed by atoms with van der Waals surface area (Å²) in [5.74, 6) is -0.397. The lowest BCUT2D eigenvalue weighted by Gasteiger charge is -2.31. The van der Waals surface area contributed by atoms with Gasteiger partial charge in [-0.05, 0) is 36.6 Å². The molecule has 2 aromatic carbocycles. The van der Waals surface area contributed by atoms with Crippen LogP contribution in [0.25, 0.3) is 0 Å². The molecule has 4 rings (SSSR count). The molecule has 1 atom stereocenters. The first-order valence-electron chi connectivity index (χ1n) is 9.37. The highest BCUT2D eigenvalue weighted by molar-refractivity contribution is 7.89. The van der Waals surface area contributed by atoms with Crippen molar-refractivity contribution >= 4 is 27.4 Å². The number of amides is 1. The van der Waals surface area contributed by atoms with E-state index in [1.54, 1.807) is 42.3 Å². The summed E-state index contributed by atoms with van der Waals surface area (Å²) in [6.07, 6.45) is 1.54. The van der Waals surface area contributed by atoms with Crippen LogP contribution in [0.2, 0.25) is 0 Å². The Morgan fingerprint density at radius 2 is 1.86 bits per heavy atom. The average molecular weight is 398 g/mol. The number of benzene rings is 2. The molecule has 0 aliphatic carbocycles. The summed E-state index contributed by atoms with van der Waals surface area (Å²) in [7, 11) is -2.03. The highest BCUT2D eigenvalue weighted by Gasteiger charge is 2.34. The molecule has 0 radical (unpaired) electrons. The van der Waals surface area contributed by atoms with Gasteiger partial charge in [-0.25, -0.2) is 8.42 Å². The molecule has 2 aliphatic heterocycles. The van der Waals surface area contributed by atoms with E-state index in [9.17, 15) is 18.0 Å². The van der Waals surface area contributed by atoms with Crippen LogP contribution in [0.4, 0.5) is 5.69 Å². The van der Waals surface area contributed by atoms with Crippen LogP contribution in [-0.4, -0.2) is 44.6 Å². The van der Waals surface area contributed by atoms with E-state index in [0.29, 0.717) is 24.9 Å². The van der Waals surface area contributed by atoms with E-state index in [1.165, 1.54) is 4.31 Å². The van der Waals surface area contributed by atoms with Gasteiger partial charge in [0.15, 0.2) is 5.78 Å². The van der Waals surface area contributed by atoms with Gasteiger partial charge in [0.2, 0.25) is 15.9 Å². The van der Waals surface area contributed by atoms with Crippen LogP contribution in [0.15, 0.2) is 53.4 Å². The second-order valence-electron chi connectivity index (χ2n) is 7.35. The van der Waals surface area contributed by atoms with Crippen molar-refractivity contribution in [2.75, 3.05) is 25.0 Å². The van der Waals surface area contributed by atoms with Crippen LogP contribution in [0.3, 0.4) is 0 Å². The number of Topliss-reactive ketones (excluding diaryl/α,β-unsaturated/α-hetero) is 1. The molecule has 0 bridgehead atoms. The van der Waals surface area contributed by atoms with Gasteiger partial charge in [0.05, 0.1) is 11.3 Å². The van der Waals surface area contributed by atoms with E-state index < -0.39 is 10.0 Å². The summed E-state index contributed by atoms with van der Waals surface area (Å²) >= 11 is 0. The Bertz CT molecular complexity index is 1030. The lowest BCUT2D eigenvalue weighted by atomic mass is 9.91. The van der Waals surface area contributed by atoms with Crippen molar-refractivity contribution in [2.24, 2.45) is 5.92 Å². The van der Waals surface area contributed by atoms with Crippen LogP contribution in [-0.2, 0) is 21.2 Å². The fraction of sp³-hybridized carbons (Fsp3) is 0.333. The molecule has 1 amide bonds. The molecule has 0 aromatic heterocycles. The second-order valence-corrected chi connectivity index (χ2v) is 9.29. The highest BCUT2D eigenvalue weighted by Crippen LogP contribution is 2.32. The number of piperidine rings is 1. The summed E-state index contributed by atoms with van der Waals surface area (Å²) in [6, 6.07) is 13.8. The predicted octanol–water partition coefficient (Wildman–Crippen LogP) is 2.49. The monoisotopic (exact) mass is 398 g/mol. The van der Waals surface area contributed by atoms with Crippen molar-refractivity contribution < 1.29 is 18.0 Å². The molecule has 1 fully saturated rings. The first-order valence-corrected chi connectivity index (χ1v) is 10.8. The van der Waals surface area contributed by atoms with E-state index >= 15 is 0 Å². The third kappa shape index (κ3) is 3.25. The first kappa shape index (κ1) is 18.8. The van der Waals surface area contributed by atoms with E-state index in [4.69, 9.17) is 0 Å². The van der Waals surface area contributed by atoms with Crippen molar-refractivity contribution in [1.29, 1.82) is 0 Å². The van der Waals surface area contributed by atoms with Gasteiger partial charge in [0, 0.05) is 37.3 Å². The van der Waals surface area contributed by atoms with E-state index in [0.717, 1.165) is 11.3 Å². The third-order valence-corrected chi connectivity index (χ3v) is 7.44. The summed E-state index contributed by atoms with van der Waals surface area (Å²) < 4.78 is 27.7. The van der Waals surface area contributed by atoms with Crippen LogP contribution >= 0.6 is 0 Å². The summed E-state index contributed by atoms with van der Waals surface area (Å²) in [5.41, 5.74) is 2.09. The Morgan fingerprint density at radius 1 is 1.11 bits per heavy atom. The van der Waals surface area contributed by atoms with Crippen molar-refractivity contribution in [3.05, 3.63) is 59.7 Å². The Labute approximate surface area is 164 Å². The molecule has 2 aromatic rings. The maximum absolute atomic E-state index is 13.2. The highest BCUT2D eigenvalue weighted by atomic mass is 32.2. The molecule has 28 heavy (non-hydrogen) atoms. The molecule has 0 spiro atoms. The van der Waals surface area contributed by atoms with Gasteiger partial charge in [-0.2, -0.15) is 4.31 Å². The minimum absolute atomic E-state index is 0.0123. The van der Waals surface area contributed by atoms with Gasteiger partial charge < -0.3 is 4.90 Å². The van der Waals surface area contributed by atoms with Crippen molar-refractivity contribution in [3.8, 4) is 0 Å². The lowest BCUT2D eigenvalue weighted by molar-refractivity contribution is -0.117. The van der Waals surface area contributed by atoms with Crippen LogP contribution in [0, 0.1) is 5.92 Å². The van der Waals surface area contributed by atoms with E-state index in [1.807, 2.05) is 18.2 Å².